The summed E-state index contributed by atoms with van der Waals surface area (Å²) in [6.45, 7) is 2.95. The highest BCUT2D eigenvalue weighted by Gasteiger charge is 2.01. The number of nitrogens with one attached hydrogen (secondary N) is 1. The molecule has 3 N–H and O–H groups in total. The molecular formula is C8H12N6. The summed E-state index contributed by atoms with van der Waals surface area (Å²) in [6, 6.07) is 0. The fraction of sp³-hybridized carbons (Fsp3) is 0.375. The van der Waals surface area contributed by atoms with E-state index in [1.54, 1.807) is 6.33 Å². The molecule has 0 radical (unpaired) electrons. The van der Waals surface area contributed by atoms with Gasteiger partial charge in [-0.3, -0.25) is 5.10 Å². The maximum Gasteiger partial charge on any atom is 0.170 e. The van der Waals surface area contributed by atoms with E-state index in [0.717, 1.165) is 17.3 Å². The van der Waals surface area contributed by atoms with Crippen LogP contribution in [-0.4, -0.2) is 24.7 Å². The first kappa shape index (κ1) is 8.89. The van der Waals surface area contributed by atoms with E-state index in [-0.39, 0.29) is 0 Å². The zero-order valence-corrected chi connectivity index (χ0v) is 7.94. The molecular weight excluding hydrogens is 180 g/mol. The van der Waals surface area contributed by atoms with Crippen molar-refractivity contribution >= 4 is 0 Å². The summed E-state index contributed by atoms with van der Waals surface area (Å²) in [5.74, 6) is 1.57. The number of nitrogens with two attached hydrogens (primary N) is 1. The first-order valence-electron chi connectivity index (χ1n) is 4.36. The highest BCUT2D eigenvalue weighted by atomic mass is 15.2. The maximum atomic E-state index is 5.45. The molecule has 0 atom stereocenters. The fourth-order valence-electron chi connectivity index (χ4n) is 1.22. The van der Waals surface area contributed by atoms with Crippen molar-refractivity contribution in [2.45, 2.75) is 20.0 Å². The zero-order valence-electron chi connectivity index (χ0n) is 7.94. The van der Waals surface area contributed by atoms with Crippen molar-refractivity contribution in [1.82, 2.24) is 24.7 Å². The van der Waals surface area contributed by atoms with Gasteiger partial charge in [0.25, 0.3) is 0 Å². The summed E-state index contributed by atoms with van der Waals surface area (Å²) in [6.07, 6.45) is 3.62. The Morgan fingerprint density at radius 1 is 1.57 bits per heavy atom. The van der Waals surface area contributed by atoms with E-state index in [4.69, 9.17) is 5.73 Å². The first-order chi connectivity index (χ1) is 6.78. The van der Waals surface area contributed by atoms with Crippen LogP contribution < -0.4 is 5.73 Å². The molecule has 0 saturated carbocycles. The Hall–Kier alpha value is -1.69. The van der Waals surface area contributed by atoms with Crippen LogP contribution in [0.15, 0.2) is 12.5 Å². The number of aromatic amines is 1. The van der Waals surface area contributed by atoms with Crippen LogP contribution in [-0.2, 0) is 13.1 Å². The van der Waals surface area contributed by atoms with Crippen LogP contribution in [0.4, 0.5) is 0 Å². The molecule has 14 heavy (non-hydrogen) atoms. The maximum absolute atomic E-state index is 5.45. The summed E-state index contributed by atoms with van der Waals surface area (Å²) in [7, 11) is 0. The van der Waals surface area contributed by atoms with Crippen LogP contribution in [0, 0.1) is 6.92 Å². The van der Waals surface area contributed by atoms with E-state index in [1.165, 1.54) is 0 Å². The Labute approximate surface area is 81.2 Å². The van der Waals surface area contributed by atoms with E-state index in [9.17, 15) is 0 Å². The highest BCUT2D eigenvalue weighted by molar-refractivity contribution is 4.98. The average molecular weight is 192 g/mol. The smallest absolute Gasteiger partial charge is 0.170 e. The van der Waals surface area contributed by atoms with Gasteiger partial charge >= 0.3 is 0 Å². The van der Waals surface area contributed by atoms with Crippen molar-refractivity contribution in [3.63, 3.8) is 0 Å². The van der Waals surface area contributed by atoms with Crippen molar-refractivity contribution in [3.05, 3.63) is 29.9 Å². The average Bonchev–Trinajstić information content (AvgIpc) is 2.76. The monoisotopic (exact) mass is 192 g/mol. The van der Waals surface area contributed by atoms with E-state index in [1.807, 2.05) is 17.7 Å². The van der Waals surface area contributed by atoms with Gasteiger partial charge in [-0.25, -0.2) is 9.97 Å². The largest absolute Gasteiger partial charge is 0.329 e. The fourth-order valence-corrected chi connectivity index (χ4v) is 1.22. The molecule has 2 aromatic rings. The molecule has 6 nitrogen and oxygen atoms in total. The third-order valence-corrected chi connectivity index (χ3v) is 1.86. The van der Waals surface area contributed by atoms with Gasteiger partial charge < -0.3 is 10.3 Å². The summed E-state index contributed by atoms with van der Waals surface area (Å²) >= 11 is 0. The van der Waals surface area contributed by atoms with E-state index >= 15 is 0 Å². The molecule has 0 fully saturated rings. The normalized spacial score (nSPS) is 10.7. The zero-order chi connectivity index (χ0) is 9.97. The van der Waals surface area contributed by atoms with Crippen LogP contribution >= 0.6 is 0 Å². The molecule has 0 aliphatic rings. The number of aromatic nitrogens is 5. The lowest BCUT2D eigenvalue weighted by Crippen LogP contribution is -1.99. The van der Waals surface area contributed by atoms with Crippen molar-refractivity contribution in [2.24, 2.45) is 5.73 Å². The van der Waals surface area contributed by atoms with Gasteiger partial charge in [-0.15, -0.1) is 0 Å². The SMILES string of the molecule is Cc1nc(Cn2cnc(CN)c2)n[nH]1. The Morgan fingerprint density at radius 2 is 2.43 bits per heavy atom. The van der Waals surface area contributed by atoms with Gasteiger partial charge in [0, 0.05) is 12.7 Å². The lowest BCUT2D eigenvalue weighted by Gasteiger charge is -1.94. The van der Waals surface area contributed by atoms with Gasteiger partial charge in [0.1, 0.15) is 5.82 Å². The number of hydrogen-bond donors (Lipinski definition) is 2. The molecule has 0 aromatic carbocycles. The Morgan fingerprint density at radius 3 is 3.00 bits per heavy atom. The minimum Gasteiger partial charge on any atom is -0.329 e. The van der Waals surface area contributed by atoms with Gasteiger partial charge in [0.2, 0.25) is 0 Å². The molecule has 0 bridgehead atoms. The predicted octanol–water partition coefficient (Wildman–Crippen LogP) is -0.183. The second-order valence-corrected chi connectivity index (χ2v) is 3.08. The van der Waals surface area contributed by atoms with Gasteiger partial charge in [0.15, 0.2) is 5.82 Å². The van der Waals surface area contributed by atoms with Crippen LogP contribution in [0.5, 0.6) is 0 Å². The predicted molar refractivity (Wildman–Crippen MR) is 50.3 cm³/mol. The minimum absolute atomic E-state index is 0.458. The van der Waals surface area contributed by atoms with Crippen molar-refractivity contribution < 1.29 is 0 Å². The summed E-state index contributed by atoms with van der Waals surface area (Å²) < 4.78 is 1.91. The summed E-state index contributed by atoms with van der Waals surface area (Å²) in [5.41, 5.74) is 6.32. The van der Waals surface area contributed by atoms with Crippen LogP contribution in [0.2, 0.25) is 0 Å². The summed E-state index contributed by atoms with van der Waals surface area (Å²) in [4.78, 5) is 8.30. The lowest BCUT2D eigenvalue weighted by atomic mass is 10.5. The van der Waals surface area contributed by atoms with Gasteiger partial charge in [-0.1, -0.05) is 0 Å². The lowest BCUT2D eigenvalue weighted by molar-refractivity contribution is 0.746. The van der Waals surface area contributed by atoms with E-state index in [0.29, 0.717) is 13.1 Å². The molecule has 0 unspecified atom stereocenters. The molecule has 0 saturated heterocycles. The van der Waals surface area contributed by atoms with Crippen LogP contribution in [0.25, 0.3) is 0 Å². The van der Waals surface area contributed by atoms with Gasteiger partial charge in [-0.05, 0) is 6.92 Å². The second kappa shape index (κ2) is 3.59. The molecule has 74 valence electrons. The van der Waals surface area contributed by atoms with Crippen molar-refractivity contribution in [1.29, 1.82) is 0 Å². The highest BCUT2D eigenvalue weighted by Crippen LogP contribution is 1.99. The Kier molecular flexibility index (Phi) is 2.28. The Balaban J connectivity index is 2.10. The minimum atomic E-state index is 0.458. The van der Waals surface area contributed by atoms with E-state index < -0.39 is 0 Å². The Bertz CT molecular complexity index is 415. The third-order valence-electron chi connectivity index (χ3n) is 1.86. The second-order valence-electron chi connectivity index (χ2n) is 3.08. The van der Waals surface area contributed by atoms with Crippen LogP contribution in [0.1, 0.15) is 17.3 Å². The molecule has 0 aliphatic heterocycles. The molecule has 0 amide bonds. The number of nitrogens with zero attached hydrogens (tertiary/aromatic N) is 4. The quantitative estimate of drug-likeness (QED) is 0.706. The number of aryl methyl sites for hydroxylation is 1. The molecule has 2 heterocycles. The summed E-state index contributed by atoms with van der Waals surface area (Å²) in [5, 5.41) is 6.82. The van der Waals surface area contributed by atoms with Gasteiger partial charge in [-0.2, -0.15) is 5.10 Å². The number of H-pyrrole nitrogens is 1. The molecule has 2 rings (SSSR count). The van der Waals surface area contributed by atoms with Crippen LogP contribution in [0.3, 0.4) is 0 Å². The van der Waals surface area contributed by atoms with Gasteiger partial charge in [0.05, 0.1) is 18.6 Å². The van der Waals surface area contributed by atoms with E-state index in [2.05, 4.69) is 20.2 Å². The first-order valence-corrected chi connectivity index (χ1v) is 4.36. The number of hydrogen-bond acceptors (Lipinski definition) is 4. The third kappa shape index (κ3) is 1.80. The molecule has 0 aliphatic carbocycles. The standard InChI is InChI=1S/C8H12N6/c1-6-11-8(13-12-6)4-14-3-7(2-9)10-5-14/h3,5H,2,4,9H2,1H3,(H,11,12,13). The number of imidazole rings is 1. The topological polar surface area (TPSA) is 85.4 Å². The molecule has 6 heteroatoms. The van der Waals surface area contributed by atoms with Crippen molar-refractivity contribution in [2.75, 3.05) is 0 Å². The molecule has 0 spiro atoms. The van der Waals surface area contributed by atoms with Crippen molar-refractivity contribution in [3.8, 4) is 0 Å². The number of rotatable bonds is 3. The molecule has 2 aromatic heterocycles.